The summed E-state index contributed by atoms with van der Waals surface area (Å²) in [5, 5.41) is 0. The number of carbonyl (C=O) groups is 1. The summed E-state index contributed by atoms with van der Waals surface area (Å²) in [6.45, 7) is 13.1. The number of nitrogen functional groups attached to an aromatic ring is 1. The molecule has 114 valence electrons. The lowest BCUT2D eigenvalue weighted by Crippen LogP contribution is -2.30. The zero-order valence-corrected chi connectivity index (χ0v) is 13.1. The fourth-order valence-corrected chi connectivity index (χ4v) is 2.40. The fraction of sp³-hybridized carbons (Fsp3) is 0.714. The average Bonchev–Trinajstić information content (AvgIpc) is 2.71. The Morgan fingerprint density at radius 1 is 1.40 bits per heavy atom. The molecular formula is C14H26N4O2. The number of imidazole rings is 1. The second-order valence-electron chi connectivity index (χ2n) is 4.82. The highest BCUT2D eigenvalue weighted by Gasteiger charge is 2.23. The summed E-state index contributed by atoms with van der Waals surface area (Å²) in [5.41, 5.74) is 6.29. The van der Waals surface area contributed by atoms with Crippen molar-refractivity contribution >= 4 is 11.8 Å². The number of hydrogen-bond donors (Lipinski definition) is 1. The molecule has 6 heteroatoms. The third-order valence-electron chi connectivity index (χ3n) is 3.45. The Hall–Kier alpha value is -1.56. The summed E-state index contributed by atoms with van der Waals surface area (Å²) in [7, 11) is 0. The highest BCUT2D eigenvalue weighted by atomic mass is 16.5. The molecule has 2 N–H and O–H groups in total. The van der Waals surface area contributed by atoms with Gasteiger partial charge in [0.05, 0.1) is 6.61 Å². The van der Waals surface area contributed by atoms with Gasteiger partial charge in [0.15, 0.2) is 5.69 Å². The number of hydrogen-bond acceptors (Lipinski definition) is 5. The largest absolute Gasteiger partial charge is 0.461 e. The van der Waals surface area contributed by atoms with E-state index in [0.29, 0.717) is 12.4 Å². The van der Waals surface area contributed by atoms with Gasteiger partial charge in [-0.15, -0.1) is 0 Å². The summed E-state index contributed by atoms with van der Waals surface area (Å²) in [5.74, 6) is 0.674. The van der Waals surface area contributed by atoms with Crippen LogP contribution in [-0.2, 0) is 4.74 Å². The van der Waals surface area contributed by atoms with Crippen molar-refractivity contribution in [1.29, 1.82) is 0 Å². The van der Waals surface area contributed by atoms with E-state index in [0.717, 1.165) is 25.5 Å². The van der Waals surface area contributed by atoms with Crippen molar-refractivity contribution in [2.45, 2.75) is 40.7 Å². The van der Waals surface area contributed by atoms with Gasteiger partial charge in [-0.05, 0) is 33.9 Å². The molecule has 20 heavy (non-hydrogen) atoms. The Balaban J connectivity index is 2.98. The third-order valence-corrected chi connectivity index (χ3v) is 3.45. The van der Waals surface area contributed by atoms with Gasteiger partial charge >= 0.3 is 5.97 Å². The van der Waals surface area contributed by atoms with Crippen molar-refractivity contribution in [3.05, 3.63) is 11.5 Å². The fourth-order valence-electron chi connectivity index (χ4n) is 2.40. The Kier molecular flexibility index (Phi) is 6.01. The standard InChI is InChI=1S/C14H26N4O2/c1-6-17(7-2)9-10(4)18-11(5)16-12(13(18)15)14(19)20-8-3/h10H,6-9,15H2,1-5H3. The van der Waals surface area contributed by atoms with Crippen LogP contribution in [0.2, 0.25) is 0 Å². The van der Waals surface area contributed by atoms with E-state index >= 15 is 0 Å². The number of anilines is 1. The van der Waals surface area contributed by atoms with Gasteiger partial charge in [0, 0.05) is 12.6 Å². The van der Waals surface area contributed by atoms with Crippen LogP contribution in [0.1, 0.15) is 50.0 Å². The van der Waals surface area contributed by atoms with Gasteiger partial charge in [-0.1, -0.05) is 13.8 Å². The molecule has 1 heterocycles. The molecule has 0 aliphatic heterocycles. The van der Waals surface area contributed by atoms with E-state index in [-0.39, 0.29) is 11.7 Å². The van der Waals surface area contributed by atoms with Crippen molar-refractivity contribution in [2.24, 2.45) is 0 Å². The first-order valence-corrected chi connectivity index (χ1v) is 7.19. The smallest absolute Gasteiger partial charge is 0.360 e. The van der Waals surface area contributed by atoms with Crippen molar-refractivity contribution in [3.8, 4) is 0 Å². The number of carbonyl (C=O) groups excluding carboxylic acids is 1. The molecule has 0 saturated heterocycles. The van der Waals surface area contributed by atoms with Gasteiger partial charge in [0.2, 0.25) is 0 Å². The van der Waals surface area contributed by atoms with Gasteiger partial charge in [-0.25, -0.2) is 9.78 Å². The molecular weight excluding hydrogens is 256 g/mol. The predicted molar refractivity (Wildman–Crippen MR) is 79.8 cm³/mol. The average molecular weight is 282 g/mol. The quantitative estimate of drug-likeness (QED) is 0.773. The maximum atomic E-state index is 11.8. The molecule has 0 saturated carbocycles. The van der Waals surface area contributed by atoms with Gasteiger partial charge in [0.25, 0.3) is 0 Å². The Bertz CT molecular complexity index is 452. The van der Waals surface area contributed by atoms with E-state index in [2.05, 4.69) is 30.7 Å². The molecule has 1 rings (SSSR count). The van der Waals surface area contributed by atoms with Gasteiger partial charge in [-0.3, -0.25) is 0 Å². The van der Waals surface area contributed by atoms with Crippen LogP contribution in [0.5, 0.6) is 0 Å². The topological polar surface area (TPSA) is 73.4 Å². The molecule has 0 radical (unpaired) electrons. The zero-order valence-electron chi connectivity index (χ0n) is 13.1. The number of rotatable bonds is 7. The maximum absolute atomic E-state index is 11.8. The third kappa shape index (κ3) is 3.50. The molecule has 1 aromatic rings. The monoisotopic (exact) mass is 282 g/mol. The van der Waals surface area contributed by atoms with Crippen LogP contribution < -0.4 is 5.73 Å². The summed E-state index contributed by atoms with van der Waals surface area (Å²) < 4.78 is 6.88. The molecule has 0 aromatic carbocycles. The number of esters is 1. The number of nitrogens with two attached hydrogens (primary N) is 1. The van der Waals surface area contributed by atoms with Gasteiger partial charge < -0.3 is 19.9 Å². The minimum absolute atomic E-state index is 0.158. The molecule has 1 aromatic heterocycles. The second kappa shape index (κ2) is 7.28. The van der Waals surface area contributed by atoms with Crippen LogP contribution in [0.4, 0.5) is 5.82 Å². The van der Waals surface area contributed by atoms with E-state index in [1.54, 1.807) is 6.92 Å². The minimum atomic E-state index is -0.457. The highest BCUT2D eigenvalue weighted by Crippen LogP contribution is 2.21. The van der Waals surface area contributed by atoms with Crippen LogP contribution in [0.3, 0.4) is 0 Å². The van der Waals surface area contributed by atoms with E-state index in [1.165, 1.54) is 0 Å². The van der Waals surface area contributed by atoms with E-state index in [4.69, 9.17) is 10.5 Å². The minimum Gasteiger partial charge on any atom is -0.461 e. The van der Waals surface area contributed by atoms with E-state index in [9.17, 15) is 4.79 Å². The number of aromatic nitrogens is 2. The lowest BCUT2D eigenvalue weighted by Gasteiger charge is -2.25. The first-order chi connectivity index (χ1) is 9.46. The first-order valence-electron chi connectivity index (χ1n) is 7.19. The van der Waals surface area contributed by atoms with Crippen LogP contribution in [0.15, 0.2) is 0 Å². The molecule has 0 fully saturated rings. The molecule has 1 atom stereocenters. The summed E-state index contributed by atoms with van der Waals surface area (Å²) >= 11 is 0. The lowest BCUT2D eigenvalue weighted by molar-refractivity contribution is 0.0521. The van der Waals surface area contributed by atoms with Crippen LogP contribution >= 0.6 is 0 Å². The van der Waals surface area contributed by atoms with Crippen molar-refractivity contribution in [1.82, 2.24) is 14.5 Å². The van der Waals surface area contributed by atoms with Crippen LogP contribution in [0.25, 0.3) is 0 Å². The Morgan fingerprint density at radius 2 is 2.00 bits per heavy atom. The number of aryl methyl sites for hydroxylation is 1. The van der Waals surface area contributed by atoms with Crippen molar-refractivity contribution < 1.29 is 9.53 Å². The molecule has 1 unspecified atom stereocenters. The SMILES string of the molecule is CCOC(=O)c1nc(C)n(C(C)CN(CC)CC)c1N. The molecule has 0 aliphatic rings. The van der Waals surface area contributed by atoms with Gasteiger partial charge in [-0.2, -0.15) is 0 Å². The van der Waals surface area contributed by atoms with E-state index < -0.39 is 5.97 Å². The summed E-state index contributed by atoms with van der Waals surface area (Å²) in [6.07, 6.45) is 0. The normalized spacial score (nSPS) is 12.7. The zero-order chi connectivity index (χ0) is 15.3. The van der Waals surface area contributed by atoms with Crippen LogP contribution in [-0.4, -0.2) is 46.7 Å². The molecule has 0 aliphatic carbocycles. The molecule has 0 amide bonds. The number of likely N-dealkylation sites (N-methyl/N-ethyl adjacent to an activating group) is 1. The second-order valence-corrected chi connectivity index (χ2v) is 4.82. The predicted octanol–water partition coefficient (Wildman–Crippen LogP) is 1.85. The van der Waals surface area contributed by atoms with E-state index in [1.807, 2.05) is 11.5 Å². The molecule has 0 bridgehead atoms. The van der Waals surface area contributed by atoms with Gasteiger partial charge in [0.1, 0.15) is 11.6 Å². The number of nitrogens with zero attached hydrogens (tertiary/aromatic N) is 3. The lowest BCUT2D eigenvalue weighted by atomic mass is 10.3. The molecule has 0 spiro atoms. The van der Waals surface area contributed by atoms with Crippen molar-refractivity contribution in [3.63, 3.8) is 0 Å². The first kappa shape index (κ1) is 16.5. The highest BCUT2D eigenvalue weighted by molar-refractivity contribution is 5.92. The maximum Gasteiger partial charge on any atom is 0.360 e. The summed E-state index contributed by atoms with van der Waals surface area (Å²) in [4.78, 5) is 18.4. The summed E-state index contributed by atoms with van der Waals surface area (Å²) in [6, 6.07) is 0.158. The Labute approximate surface area is 120 Å². The van der Waals surface area contributed by atoms with Crippen molar-refractivity contribution in [2.75, 3.05) is 32.0 Å². The van der Waals surface area contributed by atoms with Crippen LogP contribution in [0, 0.1) is 6.92 Å². The Morgan fingerprint density at radius 3 is 2.50 bits per heavy atom. The number of ether oxygens (including phenoxy) is 1. The molecule has 6 nitrogen and oxygen atoms in total.